The van der Waals surface area contributed by atoms with E-state index in [0.29, 0.717) is 0 Å². The molecule has 3 nitrogen and oxygen atoms in total. The quantitative estimate of drug-likeness (QED) is 0.517. The minimum Gasteiger partial charge on any atom is -0.372 e. The van der Waals surface area contributed by atoms with E-state index in [2.05, 4.69) is 0 Å². The van der Waals surface area contributed by atoms with Gasteiger partial charge in [-0.1, -0.05) is 0 Å². The Morgan fingerprint density at radius 1 is 1.40 bits per heavy atom. The molecule has 0 heterocycles. The van der Waals surface area contributed by atoms with Crippen LogP contribution in [0.4, 0.5) is 0 Å². The molecule has 0 aromatic heterocycles. The van der Waals surface area contributed by atoms with Crippen LogP contribution in [0.25, 0.3) is 0 Å². The second-order valence-electron chi connectivity index (χ2n) is 0.201. The summed E-state index contributed by atoms with van der Waals surface area (Å²) in [5.41, 5.74) is 0. The number of hydrogen-bond acceptors (Lipinski definition) is 3. The van der Waals surface area contributed by atoms with Crippen molar-refractivity contribution in [2.45, 2.75) is 0 Å². The second-order valence-corrected chi connectivity index (χ2v) is 1.04. The third kappa shape index (κ3) is 24.5. The molecule has 0 unspecified atom stereocenters. The first kappa shape index (κ1) is 10.0. The molecule has 0 aromatic carbocycles. The normalized spacial score (nSPS) is 7.20. The van der Waals surface area contributed by atoms with Gasteiger partial charge in [-0.15, -0.1) is 0 Å². The third-order valence-corrected chi connectivity index (χ3v) is 0. The van der Waals surface area contributed by atoms with Gasteiger partial charge in [-0.25, -0.2) is 0 Å². The molecular formula is HBrEuO3. The average molecular weight is 281 g/mol. The van der Waals surface area contributed by atoms with E-state index in [1.807, 2.05) is 0 Å². The van der Waals surface area contributed by atoms with Gasteiger partial charge < -0.3 is 8.40 Å². The SMILES string of the molecule is [Eu].[O-][Br+2]([O-])O. The van der Waals surface area contributed by atoms with Crippen molar-refractivity contribution in [2.75, 3.05) is 0 Å². The molecule has 0 saturated heterocycles. The van der Waals surface area contributed by atoms with E-state index in [4.69, 9.17) is 12.6 Å². The molecule has 0 aliphatic rings. The van der Waals surface area contributed by atoms with Gasteiger partial charge in [0, 0.05) is 49.4 Å². The van der Waals surface area contributed by atoms with Crippen LogP contribution in [0.5, 0.6) is 0 Å². The molecule has 0 aliphatic heterocycles. The smallest absolute Gasteiger partial charge is 0.372 e. The summed E-state index contributed by atoms with van der Waals surface area (Å²) in [6.45, 7) is 0. The predicted molar refractivity (Wildman–Crippen MR) is 2.22 cm³/mol. The van der Waals surface area contributed by atoms with E-state index in [9.17, 15) is 0 Å². The molecule has 1 radical (unpaired) electrons. The number of rotatable bonds is 0. The number of halogens is 1. The zero-order chi connectivity index (χ0) is 3.58. The van der Waals surface area contributed by atoms with Gasteiger partial charge in [0.15, 0.2) is 0 Å². The van der Waals surface area contributed by atoms with Crippen molar-refractivity contribution in [3.63, 3.8) is 0 Å². The first-order chi connectivity index (χ1) is 1.73. The van der Waals surface area contributed by atoms with Crippen molar-refractivity contribution < 1.29 is 76.8 Å². The summed E-state index contributed by atoms with van der Waals surface area (Å²) in [6.07, 6.45) is 0. The summed E-state index contributed by atoms with van der Waals surface area (Å²) in [4.78, 5) is 0. The largest absolute Gasteiger partial charge is 0.433 e. The molecule has 0 fully saturated rings. The molecule has 0 aliphatic carbocycles. The Kier molecular flexibility index (Phi) is 11.9. The molecule has 1 N–H and O–H groups in total. The fraction of sp³-hybridized carbons (Fsp3) is 0. The van der Waals surface area contributed by atoms with E-state index in [1.54, 1.807) is 0 Å². The van der Waals surface area contributed by atoms with E-state index in [0.717, 1.165) is 0 Å². The molecule has 0 saturated carbocycles. The summed E-state index contributed by atoms with van der Waals surface area (Å²) in [6, 6.07) is 0. The first-order valence-corrected chi connectivity index (χ1v) is 2.48. The van der Waals surface area contributed by atoms with Gasteiger partial charge in [0.2, 0.25) is 0 Å². The van der Waals surface area contributed by atoms with E-state index >= 15 is 0 Å². The van der Waals surface area contributed by atoms with Crippen LogP contribution in [-0.2, 0) is 0 Å². The van der Waals surface area contributed by atoms with Gasteiger partial charge in [0.25, 0.3) is 0 Å². The molecule has 0 bridgehead atoms. The minimum absolute atomic E-state index is 0. The van der Waals surface area contributed by atoms with E-state index < -0.39 is 14.8 Å². The van der Waals surface area contributed by atoms with Gasteiger partial charge in [0.05, 0.1) is 0 Å². The predicted octanol–water partition coefficient (Wildman–Crippen LogP) is -2.94. The van der Waals surface area contributed by atoms with Gasteiger partial charge in [-0.2, -0.15) is 0 Å². The Bertz CT molecular complexity index is 11.6. The molecule has 0 rings (SSSR count). The van der Waals surface area contributed by atoms with Gasteiger partial charge in [-0.3, -0.25) is 0 Å². The number of hydrogen-bond donors (Lipinski definition) is 1. The van der Waals surface area contributed by atoms with Crippen molar-refractivity contribution in [2.24, 2.45) is 0 Å². The summed E-state index contributed by atoms with van der Waals surface area (Å²) in [5, 5.41) is 0. The first-order valence-electron chi connectivity index (χ1n) is 0.478. The Labute approximate surface area is 75.4 Å². The van der Waals surface area contributed by atoms with Gasteiger partial charge in [-0.05, 0) is 4.20 Å². The Balaban J connectivity index is 0. The Morgan fingerprint density at radius 2 is 1.40 bits per heavy atom. The molecule has 0 spiro atoms. The van der Waals surface area contributed by atoms with Crippen molar-refractivity contribution in [1.82, 2.24) is 0 Å². The van der Waals surface area contributed by atoms with Crippen LogP contribution < -0.4 is 8.40 Å². The summed E-state index contributed by atoms with van der Waals surface area (Å²) in [5.74, 6) is 0. The minimum atomic E-state index is -3.40. The van der Waals surface area contributed by atoms with E-state index in [-0.39, 0.29) is 49.4 Å². The third-order valence-electron chi connectivity index (χ3n) is 0. The van der Waals surface area contributed by atoms with Crippen LogP contribution in [0.2, 0.25) is 0 Å². The summed E-state index contributed by atoms with van der Waals surface area (Å²) in [7, 11) is 0. The van der Waals surface area contributed by atoms with Crippen LogP contribution in [-0.4, -0.2) is 4.20 Å². The second kappa shape index (κ2) is 5.94. The van der Waals surface area contributed by atoms with Crippen LogP contribution in [0, 0.1) is 64.2 Å². The molecule has 33 valence electrons. The molecule has 0 aromatic rings. The molecule has 5 heteroatoms. The maximum Gasteiger partial charge on any atom is 0.433 e. The summed E-state index contributed by atoms with van der Waals surface area (Å²) >= 11 is -3.40. The fourth-order valence-electron chi connectivity index (χ4n) is 0. The van der Waals surface area contributed by atoms with E-state index in [1.165, 1.54) is 0 Å². The Morgan fingerprint density at radius 3 is 1.40 bits per heavy atom. The zero-order valence-corrected chi connectivity index (χ0v) is 6.03. The molecule has 0 amide bonds. The van der Waals surface area contributed by atoms with Crippen LogP contribution in [0.1, 0.15) is 0 Å². The van der Waals surface area contributed by atoms with Crippen LogP contribution in [0.15, 0.2) is 0 Å². The summed E-state index contributed by atoms with van der Waals surface area (Å²) < 4.78 is 24.3. The molecule has 0 atom stereocenters. The van der Waals surface area contributed by atoms with Crippen LogP contribution in [0.3, 0.4) is 0 Å². The molecule has 5 heavy (non-hydrogen) atoms. The van der Waals surface area contributed by atoms with Crippen molar-refractivity contribution in [1.29, 1.82) is 0 Å². The topological polar surface area (TPSA) is 66.3 Å². The average Bonchev–Trinajstić information content (AvgIpc) is 0.811. The Hall–Kier alpha value is 1.94. The van der Waals surface area contributed by atoms with Crippen LogP contribution >= 0.6 is 0 Å². The van der Waals surface area contributed by atoms with Crippen molar-refractivity contribution >= 4 is 0 Å². The standard InChI is InChI=1S/BrHO3.Eu/c2-1(3)4;/h2H;. The maximum absolute atomic E-state index is 8.63. The monoisotopic (exact) mass is 281 g/mol. The maximum atomic E-state index is 8.63. The van der Waals surface area contributed by atoms with Crippen molar-refractivity contribution in [3.05, 3.63) is 0 Å². The van der Waals surface area contributed by atoms with Gasteiger partial charge in [0.1, 0.15) is 0 Å². The zero-order valence-electron chi connectivity index (χ0n) is 2.02. The van der Waals surface area contributed by atoms with Gasteiger partial charge >= 0.3 is 14.8 Å². The van der Waals surface area contributed by atoms with Crippen molar-refractivity contribution in [3.8, 4) is 0 Å². The molecular weight excluding hydrogens is 280 g/mol. The fourth-order valence-corrected chi connectivity index (χ4v) is 0.